The van der Waals surface area contributed by atoms with Crippen molar-refractivity contribution in [3.05, 3.63) is 23.9 Å². The van der Waals surface area contributed by atoms with Crippen LogP contribution in [0.5, 0.6) is 0 Å². The molecule has 6 nitrogen and oxygen atoms in total. The summed E-state index contributed by atoms with van der Waals surface area (Å²) in [5, 5.41) is 0.969. The van der Waals surface area contributed by atoms with Crippen molar-refractivity contribution in [2.75, 3.05) is 64.9 Å². The zero-order valence-electron chi connectivity index (χ0n) is 13.3. The molecule has 0 unspecified atom stereocenters. The van der Waals surface area contributed by atoms with Gasteiger partial charge in [-0.05, 0) is 12.1 Å². The van der Waals surface area contributed by atoms with Gasteiger partial charge in [-0.1, -0.05) is 0 Å². The molecule has 3 rings (SSSR count). The maximum atomic E-state index is 12.3. The molecule has 2 aliphatic rings. The van der Waals surface area contributed by atoms with Gasteiger partial charge in [-0.25, -0.2) is 4.98 Å². The van der Waals surface area contributed by atoms with Crippen molar-refractivity contribution in [2.45, 2.75) is 5.03 Å². The Kier molecular flexibility index (Phi) is 6.27. The highest BCUT2D eigenvalue weighted by atomic mass is 32.2. The molecule has 0 aromatic carbocycles. The Hall–Kier alpha value is -1.15. The third kappa shape index (κ3) is 4.91. The number of carbonyl (C=O) groups excluding carboxylic acids is 1. The van der Waals surface area contributed by atoms with Crippen molar-refractivity contribution in [2.24, 2.45) is 0 Å². The van der Waals surface area contributed by atoms with E-state index in [1.165, 1.54) is 0 Å². The summed E-state index contributed by atoms with van der Waals surface area (Å²) in [6, 6.07) is 3.82. The quantitative estimate of drug-likeness (QED) is 0.747. The summed E-state index contributed by atoms with van der Waals surface area (Å²) in [4.78, 5) is 21.0. The first kappa shape index (κ1) is 16.7. The fourth-order valence-corrected chi connectivity index (χ4v) is 3.50. The normalized spacial score (nSPS) is 19.7. The zero-order chi connectivity index (χ0) is 15.9. The smallest absolute Gasteiger partial charge is 0.255 e. The predicted molar refractivity (Wildman–Crippen MR) is 88.9 cm³/mol. The van der Waals surface area contributed by atoms with E-state index in [2.05, 4.69) is 9.88 Å². The number of thioether (sulfide) groups is 1. The molecule has 1 aromatic rings. The molecule has 0 saturated carbocycles. The van der Waals surface area contributed by atoms with Crippen LogP contribution in [-0.2, 0) is 9.47 Å². The lowest BCUT2D eigenvalue weighted by Crippen LogP contribution is -2.40. The number of morpholine rings is 2. The number of amides is 1. The van der Waals surface area contributed by atoms with Gasteiger partial charge >= 0.3 is 0 Å². The second kappa shape index (κ2) is 8.63. The first-order valence-corrected chi connectivity index (χ1v) is 9.07. The summed E-state index contributed by atoms with van der Waals surface area (Å²) in [6.07, 6.45) is 1.69. The predicted octanol–water partition coefficient (Wildman–Crippen LogP) is 0.978. The number of ether oxygens (including phenoxy) is 2. The summed E-state index contributed by atoms with van der Waals surface area (Å²) in [5.41, 5.74) is 0.657. The highest BCUT2D eigenvalue weighted by Crippen LogP contribution is 2.16. The molecular formula is C16H23N3O3S. The first-order valence-electron chi connectivity index (χ1n) is 8.09. The van der Waals surface area contributed by atoms with E-state index in [0.717, 1.165) is 43.6 Å². The van der Waals surface area contributed by atoms with Crippen LogP contribution in [0.15, 0.2) is 23.4 Å². The Labute approximate surface area is 141 Å². The van der Waals surface area contributed by atoms with Crippen LogP contribution in [0.25, 0.3) is 0 Å². The Morgan fingerprint density at radius 3 is 2.43 bits per heavy atom. The van der Waals surface area contributed by atoms with Crippen molar-refractivity contribution < 1.29 is 14.3 Å². The van der Waals surface area contributed by atoms with Crippen LogP contribution >= 0.6 is 11.8 Å². The minimum Gasteiger partial charge on any atom is -0.379 e. The summed E-state index contributed by atoms with van der Waals surface area (Å²) in [6.45, 7) is 7.31. The van der Waals surface area contributed by atoms with Crippen molar-refractivity contribution in [1.82, 2.24) is 14.8 Å². The molecule has 2 saturated heterocycles. The molecule has 1 amide bonds. The van der Waals surface area contributed by atoms with Crippen LogP contribution in [-0.4, -0.2) is 85.6 Å². The van der Waals surface area contributed by atoms with Gasteiger partial charge in [-0.15, -0.1) is 11.8 Å². The van der Waals surface area contributed by atoms with Gasteiger partial charge in [0.25, 0.3) is 5.91 Å². The van der Waals surface area contributed by atoms with E-state index in [0.29, 0.717) is 31.9 Å². The Morgan fingerprint density at radius 1 is 1.09 bits per heavy atom. The van der Waals surface area contributed by atoms with Crippen molar-refractivity contribution >= 4 is 17.7 Å². The maximum absolute atomic E-state index is 12.3. The summed E-state index contributed by atoms with van der Waals surface area (Å²) in [5.74, 6) is 1.05. The Bertz CT molecular complexity index is 500. The Morgan fingerprint density at radius 2 is 1.78 bits per heavy atom. The number of aromatic nitrogens is 1. The number of rotatable bonds is 5. The van der Waals surface area contributed by atoms with Crippen LogP contribution in [0.4, 0.5) is 0 Å². The van der Waals surface area contributed by atoms with Crippen LogP contribution in [0.1, 0.15) is 10.4 Å². The zero-order valence-corrected chi connectivity index (χ0v) is 14.1. The molecular weight excluding hydrogens is 314 g/mol. The summed E-state index contributed by atoms with van der Waals surface area (Å²) in [7, 11) is 0. The van der Waals surface area contributed by atoms with E-state index in [1.807, 2.05) is 17.0 Å². The molecule has 0 spiro atoms. The fourth-order valence-electron chi connectivity index (χ4n) is 2.65. The molecule has 2 fully saturated rings. The first-order chi connectivity index (χ1) is 11.3. The number of carbonyl (C=O) groups is 1. The minimum atomic E-state index is 0.0469. The van der Waals surface area contributed by atoms with E-state index >= 15 is 0 Å². The van der Waals surface area contributed by atoms with Crippen molar-refractivity contribution in [3.8, 4) is 0 Å². The van der Waals surface area contributed by atoms with Gasteiger partial charge in [0.05, 0.1) is 37.0 Å². The number of hydrogen-bond donors (Lipinski definition) is 0. The molecule has 0 atom stereocenters. The van der Waals surface area contributed by atoms with Gasteiger partial charge in [0.15, 0.2) is 0 Å². The molecule has 126 valence electrons. The van der Waals surface area contributed by atoms with Crippen LogP contribution in [0.3, 0.4) is 0 Å². The molecule has 0 bridgehead atoms. The van der Waals surface area contributed by atoms with E-state index in [9.17, 15) is 4.79 Å². The second-order valence-corrected chi connectivity index (χ2v) is 6.71. The average Bonchev–Trinajstić information content (AvgIpc) is 2.63. The standard InChI is InChI=1S/C16H23N3O3S/c20-16(19-5-10-22-11-6-19)14-1-2-15(17-13-14)23-12-7-18-3-8-21-9-4-18/h1-2,13H,3-12H2. The topological polar surface area (TPSA) is 54.9 Å². The molecule has 0 radical (unpaired) electrons. The third-order valence-corrected chi connectivity index (χ3v) is 4.97. The maximum Gasteiger partial charge on any atom is 0.255 e. The highest BCUT2D eigenvalue weighted by Gasteiger charge is 2.18. The summed E-state index contributed by atoms with van der Waals surface area (Å²) < 4.78 is 10.6. The lowest BCUT2D eigenvalue weighted by molar-refractivity contribution is 0.0302. The van der Waals surface area contributed by atoms with E-state index in [4.69, 9.17) is 9.47 Å². The highest BCUT2D eigenvalue weighted by molar-refractivity contribution is 7.99. The lowest BCUT2D eigenvalue weighted by atomic mass is 10.2. The van der Waals surface area contributed by atoms with Crippen molar-refractivity contribution in [1.29, 1.82) is 0 Å². The molecule has 2 aliphatic heterocycles. The summed E-state index contributed by atoms with van der Waals surface area (Å²) >= 11 is 1.73. The largest absolute Gasteiger partial charge is 0.379 e. The molecule has 0 aliphatic carbocycles. The lowest BCUT2D eigenvalue weighted by Gasteiger charge is -2.26. The van der Waals surface area contributed by atoms with Crippen molar-refractivity contribution in [3.63, 3.8) is 0 Å². The van der Waals surface area contributed by atoms with Gasteiger partial charge in [0, 0.05) is 44.7 Å². The SMILES string of the molecule is O=C(c1ccc(SCCN2CCOCC2)nc1)N1CCOCC1. The van der Waals surface area contributed by atoms with Crippen LogP contribution in [0.2, 0.25) is 0 Å². The van der Waals surface area contributed by atoms with Crippen LogP contribution < -0.4 is 0 Å². The second-order valence-electron chi connectivity index (χ2n) is 5.59. The fraction of sp³-hybridized carbons (Fsp3) is 0.625. The van der Waals surface area contributed by atoms with E-state index in [1.54, 1.807) is 18.0 Å². The van der Waals surface area contributed by atoms with E-state index in [-0.39, 0.29) is 5.91 Å². The van der Waals surface area contributed by atoms with Gasteiger partial charge < -0.3 is 14.4 Å². The average molecular weight is 337 g/mol. The van der Waals surface area contributed by atoms with Gasteiger partial charge in [-0.2, -0.15) is 0 Å². The van der Waals surface area contributed by atoms with Gasteiger partial charge in [0.1, 0.15) is 0 Å². The number of pyridine rings is 1. The molecule has 1 aromatic heterocycles. The molecule has 0 N–H and O–H groups in total. The monoisotopic (exact) mass is 337 g/mol. The minimum absolute atomic E-state index is 0.0469. The molecule has 3 heterocycles. The molecule has 23 heavy (non-hydrogen) atoms. The molecule has 7 heteroatoms. The Balaban J connectivity index is 1.45. The number of nitrogens with zero attached hydrogens (tertiary/aromatic N) is 3. The number of hydrogen-bond acceptors (Lipinski definition) is 6. The van der Waals surface area contributed by atoms with E-state index < -0.39 is 0 Å². The van der Waals surface area contributed by atoms with Gasteiger partial charge in [-0.3, -0.25) is 9.69 Å². The van der Waals surface area contributed by atoms with Gasteiger partial charge in [0.2, 0.25) is 0 Å². The third-order valence-electron chi connectivity index (χ3n) is 4.04. The van der Waals surface area contributed by atoms with Crippen LogP contribution in [0, 0.1) is 0 Å².